The van der Waals surface area contributed by atoms with Gasteiger partial charge >= 0.3 is 5.97 Å². The summed E-state index contributed by atoms with van der Waals surface area (Å²) in [7, 11) is 3.81. The zero-order chi connectivity index (χ0) is 31.4. The summed E-state index contributed by atoms with van der Waals surface area (Å²) >= 11 is 0. The van der Waals surface area contributed by atoms with Gasteiger partial charge in [0.25, 0.3) is 0 Å². The van der Waals surface area contributed by atoms with Gasteiger partial charge in [-0.05, 0) is 79.1 Å². The molecule has 0 radical (unpaired) electrons. The first-order valence-electron chi connectivity index (χ1n) is 15.5. The van der Waals surface area contributed by atoms with Crippen LogP contribution < -0.4 is 5.32 Å². The lowest BCUT2D eigenvalue weighted by Crippen LogP contribution is -2.61. The van der Waals surface area contributed by atoms with E-state index in [1.165, 1.54) is 0 Å². The third kappa shape index (κ3) is 6.03. The Morgan fingerprint density at radius 3 is 2.43 bits per heavy atom. The number of aliphatic hydroxyl groups is 3. The molecule has 3 fully saturated rings. The molecule has 13 atom stereocenters. The van der Waals surface area contributed by atoms with Gasteiger partial charge in [-0.3, -0.25) is 10.2 Å². The average molecular weight is 596 g/mol. The predicted octanol–water partition coefficient (Wildman–Crippen LogP) is 2.32. The minimum atomic E-state index is -1.52. The Kier molecular flexibility index (Phi) is 9.56. The van der Waals surface area contributed by atoms with E-state index in [1.54, 1.807) is 19.9 Å². The van der Waals surface area contributed by atoms with Gasteiger partial charge < -0.3 is 44.5 Å². The Hall–Kier alpha value is -1.60. The van der Waals surface area contributed by atoms with E-state index in [2.05, 4.69) is 5.32 Å². The highest BCUT2D eigenvalue weighted by Gasteiger charge is 2.61. The van der Waals surface area contributed by atoms with E-state index in [0.29, 0.717) is 37.9 Å². The van der Waals surface area contributed by atoms with Gasteiger partial charge in [0.15, 0.2) is 12.0 Å². The Morgan fingerprint density at radius 1 is 1.14 bits per heavy atom. The summed E-state index contributed by atoms with van der Waals surface area (Å²) in [6.07, 6.45) is -0.857. The van der Waals surface area contributed by atoms with Gasteiger partial charge in [0, 0.05) is 24.3 Å². The third-order valence-corrected chi connectivity index (χ3v) is 10.1. The van der Waals surface area contributed by atoms with Crippen LogP contribution in [0.5, 0.6) is 0 Å². The van der Waals surface area contributed by atoms with Crippen molar-refractivity contribution in [1.82, 2.24) is 10.2 Å². The van der Waals surface area contributed by atoms with Crippen molar-refractivity contribution >= 4 is 11.8 Å². The molecule has 4 rings (SSSR count). The molecule has 11 nitrogen and oxygen atoms in total. The van der Waals surface area contributed by atoms with Crippen LogP contribution in [0.2, 0.25) is 0 Å². The SMILES string of the molecule is CC[C@H]1OC(=O)[C@H](C)[C@@H](O)[C@H](C)[C@@H](O[C@@H]2O[C@H](C)C[C@H](N(C)C)[C@H]2O)[C@@]2(C)C[C@@H](C)C3(NC(=N)CC/C3=C\[C@]1(C)O)O2. The Bertz CT molecular complexity index is 1050. The van der Waals surface area contributed by atoms with Crippen molar-refractivity contribution in [2.45, 2.75) is 140 Å². The first-order valence-corrected chi connectivity index (χ1v) is 15.5. The predicted molar refractivity (Wildman–Crippen MR) is 157 cm³/mol. The Labute approximate surface area is 250 Å². The molecular formula is C31H53N3O8. The number of likely N-dealkylation sites (N-methyl/N-ethyl adjacent to an activating group) is 1. The molecule has 4 aliphatic heterocycles. The fourth-order valence-corrected chi connectivity index (χ4v) is 7.66. The Balaban J connectivity index is 1.84. The first-order chi connectivity index (χ1) is 19.5. The molecule has 0 aromatic heterocycles. The number of cyclic esters (lactones) is 1. The van der Waals surface area contributed by atoms with E-state index in [9.17, 15) is 20.1 Å². The molecule has 11 heteroatoms. The summed E-state index contributed by atoms with van der Waals surface area (Å²) in [6, 6.07) is -0.201. The van der Waals surface area contributed by atoms with Crippen molar-refractivity contribution in [3.63, 3.8) is 0 Å². The van der Waals surface area contributed by atoms with Gasteiger partial charge in [0.2, 0.25) is 0 Å². The van der Waals surface area contributed by atoms with Crippen LogP contribution in [0.4, 0.5) is 0 Å². The maximum Gasteiger partial charge on any atom is 0.311 e. The number of amidine groups is 1. The first kappa shape index (κ1) is 33.3. The quantitative estimate of drug-likeness (QED) is 0.242. The molecule has 4 heterocycles. The molecule has 2 bridgehead atoms. The Morgan fingerprint density at radius 2 is 1.81 bits per heavy atom. The summed E-state index contributed by atoms with van der Waals surface area (Å²) in [5.74, 6) is -2.02. The molecule has 0 amide bonds. The van der Waals surface area contributed by atoms with Crippen LogP contribution in [-0.2, 0) is 23.7 Å². The summed E-state index contributed by atoms with van der Waals surface area (Å²) in [5, 5.41) is 46.5. The number of fused-ring (bicyclic) bond motifs is 1. The molecule has 3 saturated heterocycles. The zero-order valence-electron chi connectivity index (χ0n) is 26.7. The van der Waals surface area contributed by atoms with Crippen molar-refractivity contribution in [2.75, 3.05) is 14.1 Å². The molecule has 0 aromatic rings. The minimum Gasteiger partial charge on any atom is -0.459 e. The number of aliphatic hydroxyl groups excluding tert-OH is 2. The van der Waals surface area contributed by atoms with E-state index < -0.39 is 65.4 Å². The highest BCUT2D eigenvalue weighted by atomic mass is 16.7. The number of hydrogen-bond donors (Lipinski definition) is 5. The standard InChI is InChI=1S/C31H53N3O8/c1-10-22-29(6,38)15-20-11-12-23(32)33-31(20)16(2)14-30(7,42-31)26(18(4)24(35)19(5)27(37)40-22)41-28-25(36)21(34(8)9)13-17(3)39-28/h15-19,21-22,24-26,28,35-36,38H,10-14H2,1-9H3,(H2,32,33)/b20-15+/t16-,17-,18+,19-,21+,22-,24+,25-,26-,28+,29+,30-,31?/m1/s1. The smallest absolute Gasteiger partial charge is 0.311 e. The molecule has 42 heavy (non-hydrogen) atoms. The largest absolute Gasteiger partial charge is 0.459 e. The maximum absolute atomic E-state index is 13.4. The van der Waals surface area contributed by atoms with Crippen LogP contribution >= 0.6 is 0 Å². The number of hydrogen-bond acceptors (Lipinski definition) is 10. The minimum absolute atomic E-state index is 0.158. The lowest BCUT2D eigenvalue weighted by atomic mass is 9.76. The second-order valence-corrected chi connectivity index (χ2v) is 13.9. The zero-order valence-corrected chi connectivity index (χ0v) is 26.7. The van der Waals surface area contributed by atoms with Crippen molar-refractivity contribution in [2.24, 2.45) is 17.8 Å². The van der Waals surface area contributed by atoms with E-state index >= 15 is 0 Å². The number of rotatable bonds is 4. The summed E-state index contributed by atoms with van der Waals surface area (Å²) in [6.45, 7) is 12.8. The monoisotopic (exact) mass is 595 g/mol. The number of nitrogens with one attached hydrogen (secondary N) is 2. The van der Waals surface area contributed by atoms with E-state index in [-0.39, 0.29) is 18.1 Å². The van der Waals surface area contributed by atoms with E-state index in [1.807, 2.05) is 53.6 Å². The lowest BCUT2D eigenvalue weighted by Gasteiger charge is -2.48. The molecule has 1 unspecified atom stereocenters. The molecule has 240 valence electrons. The molecule has 0 saturated carbocycles. The van der Waals surface area contributed by atoms with Gasteiger partial charge in [0.05, 0.1) is 35.7 Å². The highest BCUT2D eigenvalue weighted by molar-refractivity contribution is 5.82. The second kappa shape index (κ2) is 12.1. The number of nitrogens with zero attached hydrogens (tertiary/aromatic N) is 1. The van der Waals surface area contributed by atoms with Crippen molar-refractivity contribution in [1.29, 1.82) is 5.41 Å². The van der Waals surface area contributed by atoms with Crippen LogP contribution in [0, 0.1) is 23.2 Å². The molecule has 4 aliphatic rings. The highest BCUT2D eigenvalue weighted by Crippen LogP contribution is 2.52. The lowest BCUT2D eigenvalue weighted by molar-refractivity contribution is -0.303. The van der Waals surface area contributed by atoms with Gasteiger partial charge in [-0.1, -0.05) is 20.8 Å². The fourth-order valence-electron chi connectivity index (χ4n) is 7.66. The fraction of sp³-hybridized carbons (Fsp3) is 0.871. The van der Waals surface area contributed by atoms with Crippen LogP contribution in [0.1, 0.15) is 80.6 Å². The van der Waals surface area contributed by atoms with Crippen LogP contribution in [-0.4, -0.2) is 106 Å². The molecule has 5 N–H and O–H groups in total. The third-order valence-electron chi connectivity index (χ3n) is 10.1. The van der Waals surface area contributed by atoms with Crippen molar-refractivity contribution in [3.8, 4) is 0 Å². The number of piperidine rings is 1. The summed E-state index contributed by atoms with van der Waals surface area (Å²) < 4.78 is 25.7. The molecule has 0 aromatic carbocycles. The van der Waals surface area contributed by atoms with Crippen LogP contribution in [0.15, 0.2) is 11.6 Å². The maximum atomic E-state index is 13.4. The molecule has 0 aliphatic carbocycles. The van der Waals surface area contributed by atoms with Crippen molar-refractivity contribution in [3.05, 3.63) is 11.6 Å². The normalized spacial score (nSPS) is 50.0. The van der Waals surface area contributed by atoms with E-state index in [4.69, 9.17) is 24.4 Å². The van der Waals surface area contributed by atoms with Gasteiger partial charge in [0.1, 0.15) is 17.8 Å². The van der Waals surface area contributed by atoms with Gasteiger partial charge in [-0.2, -0.15) is 0 Å². The summed E-state index contributed by atoms with van der Waals surface area (Å²) in [4.78, 5) is 15.3. The number of ether oxygens (including phenoxy) is 4. The van der Waals surface area contributed by atoms with Gasteiger partial charge in [-0.15, -0.1) is 0 Å². The number of esters is 1. The van der Waals surface area contributed by atoms with Crippen molar-refractivity contribution < 1.29 is 39.1 Å². The summed E-state index contributed by atoms with van der Waals surface area (Å²) in [5.41, 5.74) is -2.89. The topological polar surface area (TPSA) is 154 Å². The van der Waals surface area contributed by atoms with Gasteiger partial charge in [-0.25, -0.2) is 0 Å². The second-order valence-electron chi connectivity index (χ2n) is 13.9. The average Bonchev–Trinajstić information content (AvgIpc) is 3.16. The number of carbonyl (C=O) groups is 1. The van der Waals surface area contributed by atoms with Crippen LogP contribution in [0.25, 0.3) is 0 Å². The van der Waals surface area contributed by atoms with E-state index in [0.717, 1.165) is 5.57 Å². The number of carbonyl (C=O) groups excluding carboxylic acids is 1. The van der Waals surface area contributed by atoms with Crippen LogP contribution in [0.3, 0.4) is 0 Å². The molecule has 1 spiro atoms. The molecular weight excluding hydrogens is 542 g/mol.